The second kappa shape index (κ2) is 4.97. The molecule has 0 spiro atoms. The summed E-state index contributed by atoms with van der Waals surface area (Å²) < 4.78 is 0.994. The van der Waals surface area contributed by atoms with Crippen molar-refractivity contribution in [3.05, 3.63) is 28.2 Å². The molecule has 4 heteroatoms. The highest BCUT2D eigenvalue weighted by Crippen LogP contribution is 2.19. The molecule has 0 radical (unpaired) electrons. The van der Waals surface area contributed by atoms with Crippen LogP contribution in [0.3, 0.4) is 0 Å². The number of hydrogen-bond donors (Lipinski definition) is 2. The summed E-state index contributed by atoms with van der Waals surface area (Å²) in [4.78, 5) is 11.7. The third-order valence-corrected chi connectivity index (χ3v) is 3.12. The topological polar surface area (TPSA) is 41.1 Å². The summed E-state index contributed by atoms with van der Waals surface area (Å²) >= 11 is 3.42. The molecule has 1 aromatic rings. The van der Waals surface area contributed by atoms with E-state index in [4.69, 9.17) is 0 Å². The summed E-state index contributed by atoms with van der Waals surface area (Å²) in [6.07, 6.45) is 0.610. The van der Waals surface area contributed by atoms with Gasteiger partial charge in [-0.3, -0.25) is 4.79 Å². The summed E-state index contributed by atoms with van der Waals surface area (Å²) in [5, 5.41) is 6.09. The molecule has 0 atom stereocenters. The minimum absolute atomic E-state index is 0.101. The van der Waals surface area contributed by atoms with Crippen molar-refractivity contribution in [2.24, 2.45) is 5.92 Å². The number of halogens is 1. The first kappa shape index (κ1) is 11.6. The van der Waals surface area contributed by atoms with Gasteiger partial charge in [0.25, 0.3) is 0 Å². The zero-order valence-electron chi connectivity index (χ0n) is 9.22. The number of hydrogen-bond acceptors (Lipinski definition) is 2. The third-order valence-electron chi connectivity index (χ3n) is 2.67. The SMILES string of the molecule is Cc1cc(Br)cc(NC(=O)CC2CNC2)c1. The van der Waals surface area contributed by atoms with E-state index >= 15 is 0 Å². The first-order chi connectivity index (χ1) is 7.63. The molecule has 0 aliphatic carbocycles. The molecule has 0 bridgehead atoms. The molecular formula is C12H15BrN2O. The molecule has 1 fully saturated rings. The fourth-order valence-corrected chi connectivity index (χ4v) is 2.38. The van der Waals surface area contributed by atoms with Crippen molar-refractivity contribution in [1.29, 1.82) is 0 Å². The highest BCUT2D eigenvalue weighted by Gasteiger charge is 2.19. The maximum atomic E-state index is 11.7. The molecule has 1 aliphatic heterocycles. The number of rotatable bonds is 3. The second-order valence-corrected chi connectivity index (χ2v) is 5.21. The lowest BCUT2D eigenvalue weighted by molar-refractivity contribution is -0.117. The number of carbonyl (C=O) groups is 1. The first-order valence-electron chi connectivity index (χ1n) is 5.41. The van der Waals surface area contributed by atoms with Crippen molar-refractivity contribution in [3.63, 3.8) is 0 Å². The molecule has 0 unspecified atom stereocenters. The van der Waals surface area contributed by atoms with Gasteiger partial charge in [-0.25, -0.2) is 0 Å². The number of aryl methyl sites for hydroxylation is 1. The Bertz CT molecular complexity index is 382. The van der Waals surface area contributed by atoms with Gasteiger partial charge >= 0.3 is 0 Å². The molecule has 1 saturated heterocycles. The van der Waals surface area contributed by atoms with Crippen LogP contribution < -0.4 is 10.6 Å². The Labute approximate surface area is 104 Å². The highest BCUT2D eigenvalue weighted by atomic mass is 79.9. The van der Waals surface area contributed by atoms with Gasteiger partial charge in [0.2, 0.25) is 5.91 Å². The third kappa shape index (κ3) is 3.06. The van der Waals surface area contributed by atoms with Crippen LogP contribution >= 0.6 is 15.9 Å². The van der Waals surface area contributed by atoms with Crippen LogP contribution in [0.25, 0.3) is 0 Å². The van der Waals surface area contributed by atoms with E-state index in [0.717, 1.165) is 28.8 Å². The zero-order valence-corrected chi connectivity index (χ0v) is 10.8. The Balaban J connectivity index is 1.94. The lowest BCUT2D eigenvalue weighted by Gasteiger charge is -2.26. The molecule has 1 heterocycles. The van der Waals surface area contributed by atoms with Gasteiger partial charge in [-0.1, -0.05) is 15.9 Å². The Morgan fingerprint density at radius 1 is 1.50 bits per heavy atom. The number of benzene rings is 1. The van der Waals surface area contributed by atoms with E-state index < -0.39 is 0 Å². The lowest BCUT2D eigenvalue weighted by Crippen LogP contribution is -2.43. The van der Waals surface area contributed by atoms with Gasteiger partial charge in [0.05, 0.1) is 0 Å². The summed E-state index contributed by atoms with van der Waals surface area (Å²) in [6.45, 7) is 3.94. The molecule has 1 aromatic carbocycles. The maximum absolute atomic E-state index is 11.7. The summed E-state index contributed by atoms with van der Waals surface area (Å²) in [5.74, 6) is 0.609. The second-order valence-electron chi connectivity index (χ2n) is 4.29. The van der Waals surface area contributed by atoms with E-state index in [1.54, 1.807) is 0 Å². The molecule has 86 valence electrons. The number of amides is 1. The van der Waals surface area contributed by atoms with Crippen LogP contribution in [0.5, 0.6) is 0 Å². The average molecular weight is 283 g/mol. The van der Waals surface area contributed by atoms with Gasteiger partial charge in [-0.05, 0) is 49.7 Å². The van der Waals surface area contributed by atoms with E-state index in [1.807, 2.05) is 25.1 Å². The monoisotopic (exact) mass is 282 g/mol. The molecule has 2 rings (SSSR count). The van der Waals surface area contributed by atoms with Crippen molar-refractivity contribution in [3.8, 4) is 0 Å². The first-order valence-corrected chi connectivity index (χ1v) is 6.20. The minimum Gasteiger partial charge on any atom is -0.326 e. The van der Waals surface area contributed by atoms with Crippen molar-refractivity contribution in [2.45, 2.75) is 13.3 Å². The van der Waals surface area contributed by atoms with Crippen molar-refractivity contribution in [1.82, 2.24) is 5.32 Å². The molecule has 16 heavy (non-hydrogen) atoms. The van der Waals surface area contributed by atoms with Crippen molar-refractivity contribution >= 4 is 27.5 Å². The van der Waals surface area contributed by atoms with Gasteiger partial charge in [0, 0.05) is 16.6 Å². The van der Waals surface area contributed by atoms with Gasteiger partial charge in [0.15, 0.2) is 0 Å². The van der Waals surface area contributed by atoms with E-state index in [-0.39, 0.29) is 5.91 Å². The lowest BCUT2D eigenvalue weighted by atomic mass is 9.99. The maximum Gasteiger partial charge on any atom is 0.224 e. The fourth-order valence-electron chi connectivity index (χ4n) is 1.78. The largest absolute Gasteiger partial charge is 0.326 e. The Kier molecular flexibility index (Phi) is 3.61. The molecule has 0 saturated carbocycles. The fraction of sp³-hybridized carbons (Fsp3) is 0.417. The van der Waals surface area contributed by atoms with Crippen molar-refractivity contribution in [2.75, 3.05) is 18.4 Å². The average Bonchev–Trinajstić information content (AvgIpc) is 2.09. The van der Waals surface area contributed by atoms with Crippen LogP contribution in [0.15, 0.2) is 22.7 Å². The van der Waals surface area contributed by atoms with Crippen LogP contribution in [0.2, 0.25) is 0 Å². The molecule has 1 amide bonds. The van der Waals surface area contributed by atoms with Gasteiger partial charge in [-0.2, -0.15) is 0 Å². The van der Waals surface area contributed by atoms with Crippen LogP contribution in [-0.4, -0.2) is 19.0 Å². The van der Waals surface area contributed by atoms with Gasteiger partial charge in [-0.15, -0.1) is 0 Å². The number of carbonyl (C=O) groups excluding carboxylic acids is 1. The van der Waals surface area contributed by atoms with E-state index in [1.165, 1.54) is 0 Å². The summed E-state index contributed by atoms with van der Waals surface area (Å²) in [6, 6.07) is 5.91. The predicted octanol–water partition coefficient (Wildman–Crippen LogP) is 2.31. The van der Waals surface area contributed by atoms with E-state index in [2.05, 4.69) is 26.6 Å². The zero-order chi connectivity index (χ0) is 11.5. The molecule has 0 aromatic heterocycles. The van der Waals surface area contributed by atoms with Crippen LogP contribution in [-0.2, 0) is 4.79 Å². The molecule has 1 aliphatic rings. The Morgan fingerprint density at radius 3 is 2.81 bits per heavy atom. The van der Waals surface area contributed by atoms with Crippen LogP contribution in [0.4, 0.5) is 5.69 Å². The number of anilines is 1. The standard InChI is InChI=1S/C12H15BrN2O/c1-8-2-10(13)5-11(3-8)15-12(16)4-9-6-14-7-9/h2-3,5,9,14H,4,6-7H2,1H3,(H,15,16). The Hall–Kier alpha value is -0.870. The summed E-state index contributed by atoms with van der Waals surface area (Å²) in [7, 11) is 0. The van der Waals surface area contributed by atoms with E-state index in [9.17, 15) is 4.79 Å². The van der Waals surface area contributed by atoms with Gasteiger partial charge < -0.3 is 10.6 Å². The Morgan fingerprint density at radius 2 is 2.25 bits per heavy atom. The van der Waals surface area contributed by atoms with Crippen molar-refractivity contribution < 1.29 is 4.79 Å². The predicted molar refractivity (Wildman–Crippen MR) is 68.5 cm³/mol. The quantitative estimate of drug-likeness (QED) is 0.893. The van der Waals surface area contributed by atoms with Crippen LogP contribution in [0.1, 0.15) is 12.0 Å². The summed E-state index contributed by atoms with van der Waals surface area (Å²) in [5.41, 5.74) is 2.00. The smallest absolute Gasteiger partial charge is 0.224 e. The van der Waals surface area contributed by atoms with Gasteiger partial charge in [0.1, 0.15) is 0 Å². The minimum atomic E-state index is 0.101. The molecular weight excluding hydrogens is 268 g/mol. The normalized spacial score (nSPS) is 15.6. The molecule has 3 nitrogen and oxygen atoms in total. The number of nitrogens with one attached hydrogen (secondary N) is 2. The van der Waals surface area contributed by atoms with E-state index in [0.29, 0.717) is 12.3 Å². The van der Waals surface area contributed by atoms with Crippen LogP contribution in [0, 0.1) is 12.8 Å². The molecule has 2 N–H and O–H groups in total. The highest BCUT2D eigenvalue weighted by molar-refractivity contribution is 9.10.